The van der Waals surface area contributed by atoms with E-state index in [1.54, 1.807) is 18.4 Å². The molecule has 0 aromatic carbocycles. The van der Waals surface area contributed by atoms with E-state index in [1.165, 1.54) is 0 Å². The Bertz CT molecular complexity index is 322. The fraction of sp³-hybridized carbons (Fsp3) is 0.667. The molecule has 0 fully saturated rings. The third-order valence-corrected chi connectivity index (χ3v) is 4.09. The number of ether oxygens (including phenoxy) is 3. The summed E-state index contributed by atoms with van der Waals surface area (Å²) in [7, 11) is 1.69. The number of methoxy groups -OCH3 is 1. The summed E-state index contributed by atoms with van der Waals surface area (Å²) in [6, 6.07) is 2.04. The molecule has 0 aliphatic rings. The molecule has 2 N–H and O–H groups in total. The molecule has 104 valence electrons. The lowest BCUT2D eigenvalue weighted by Crippen LogP contribution is -2.17. The van der Waals surface area contributed by atoms with Crippen LogP contribution in [0.4, 0.5) is 0 Å². The molecule has 0 radical (unpaired) electrons. The van der Waals surface area contributed by atoms with Crippen molar-refractivity contribution in [3.63, 3.8) is 0 Å². The fourth-order valence-corrected chi connectivity index (χ4v) is 2.93. The van der Waals surface area contributed by atoms with E-state index in [0.29, 0.717) is 26.4 Å². The Kier molecular flexibility index (Phi) is 8.83. The van der Waals surface area contributed by atoms with E-state index in [2.05, 4.69) is 15.9 Å². The van der Waals surface area contributed by atoms with E-state index < -0.39 is 0 Å². The molecule has 1 rings (SSSR count). The van der Waals surface area contributed by atoms with Gasteiger partial charge in [-0.2, -0.15) is 0 Å². The predicted octanol–water partition coefficient (Wildman–Crippen LogP) is 2.58. The van der Waals surface area contributed by atoms with Gasteiger partial charge in [-0.1, -0.05) is 0 Å². The molecule has 1 unspecified atom stereocenters. The van der Waals surface area contributed by atoms with E-state index in [0.717, 1.165) is 22.4 Å². The van der Waals surface area contributed by atoms with Crippen LogP contribution in [0.15, 0.2) is 15.9 Å². The maximum Gasteiger partial charge on any atom is 0.104 e. The summed E-state index contributed by atoms with van der Waals surface area (Å²) in [5, 5.41) is 2.03. The molecule has 0 aliphatic heterocycles. The molecule has 0 saturated carbocycles. The Labute approximate surface area is 121 Å². The van der Waals surface area contributed by atoms with Crippen LogP contribution in [0.2, 0.25) is 0 Å². The second-order valence-corrected chi connectivity index (χ2v) is 5.58. The first-order valence-electron chi connectivity index (χ1n) is 5.90. The fourth-order valence-electron chi connectivity index (χ4n) is 1.42. The Morgan fingerprint density at radius 3 is 2.78 bits per heavy atom. The topological polar surface area (TPSA) is 53.7 Å². The van der Waals surface area contributed by atoms with Crippen LogP contribution in [0.3, 0.4) is 0 Å². The highest BCUT2D eigenvalue weighted by Crippen LogP contribution is 2.27. The third kappa shape index (κ3) is 6.26. The van der Waals surface area contributed by atoms with Crippen LogP contribution in [0, 0.1) is 0 Å². The second kappa shape index (κ2) is 9.89. The van der Waals surface area contributed by atoms with Gasteiger partial charge in [0.15, 0.2) is 0 Å². The van der Waals surface area contributed by atoms with Crippen LogP contribution >= 0.6 is 27.3 Å². The van der Waals surface area contributed by atoms with Gasteiger partial charge in [-0.15, -0.1) is 11.3 Å². The molecular weight excluding hydrogens is 318 g/mol. The number of rotatable bonds is 10. The van der Waals surface area contributed by atoms with E-state index in [9.17, 15) is 0 Å². The highest BCUT2D eigenvalue weighted by molar-refractivity contribution is 9.10. The Hall–Kier alpha value is 0.0200. The van der Waals surface area contributed by atoms with Crippen molar-refractivity contribution in [2.45, 2.75) is 12.5 Å². The molecule has 0 spiro atoms. The van der Waals surface area contributed by atoms with Gasteiger partial charge in [0.05, 0.1) is 13.2 Å². The van der Waals surface area contributed by atoms with Crippen molar-refractivity contribution in [3.05, 3.63) is 20.8 Å². The first-order chi connectivity index (χ1) is 8.77. The Morgan fingerprint density at radius 2 is 2.17 bits per heavy atom. The molecule has 0 aliphatic carbocycles. The lowest BCUT2D eigenvalue weighted by atomic mass is 10.3. The highest BCUT2D eigenvalue weighted by Gasteiger charge is 2.12. The maximum absolute atomic E-state index is 5.71. The molecule has 0 amide bonds. The van der Waals surface area contributed by atoms with Gasteiger partial charge in [0, 0.05) is 41.6 Å². The molecule has 6 heteroatoms. The standard InChI is InChI=1S/C12H20BrNO3S/c1-15-3-2-4-16-5-6-17-11(8-14)12-7-10(13)9-18-12/h7,9,11H,2-6,8,14H2,1H3. The predicted molar refractivity (Wildman–Crippen MR) is 77.1 cm³/mol. The zero-order valence-corrected chi connectivity index (χ0v) is 13.0. The summed E-state index contributed by atoms with van der Waals surface area (Å²) in [6.45, 7) is 3.07. The molecular formula is C12H20BrNO3S. The summed E-state index contributed by atoms with van der Waals surface area (Å²) in [4.78, 5) is 1.14. The zero-order valence-electron chi connectivity index (χ0n) is 10.6. The molecule has 1 aromatic rings. The van der Waals surface area contributed by atoms with Crippen molar-refractivity contribution < 1.29 is 14.2 Å². The van der Waals surface area contributed by atoms with Gasteiger partial charge < -0.3 is 19.9 Å². The van der Waals surface area contributed by atoms with Crippen molar-refractivity contribution in [2.24, 2.45) is 5.73 Å². The van der Waals surface area contributed by atoms with Crippen molar-refractivity contribution in [1.29, 1.82) is 0 Å². The molecule has 0 saturated heterocycles. The lowest BCUT2D eigenvalue weighted by Gasteiger charge is -2.14. The van der Waals surface area contributed by atoms with Crippen LogP contribution in [0.5, 0.6) is 0 Å². The van der Waals surface area contributed by atoms with Gasteiger partial charge in [0.25, 0.3) is 0 Å². The third-order valence-electron chi connectivity index (χ3n) is 2.30. The largest absolute Gasteiger partial charge is 0.385 e. The Balaban J connectivity index is 2.13. The molecule has 1 aromatic heterocycles. The van der Waals surface area contributed by atoms with E-state index >= 15 is 0 Å². The molecule has 1 atom stereocenters. The number of nitrogens with two attached hydrogens (primary N) is 1. The monoisotopic (exact) mass is 337 g/mol. The van der Waals surface area contributed by atoms with Crippen LogP contribution in [-0.2, 0) is 14.2 Å². The molecule has 0 bridgehead atoms. The van der Waals surface area contributed by atoms with Gasteiger partial charge in [0.1, 0.15) is 6.10 Å². The van der Waals surface area contributed by atoms with Gasteiger partial charge >= 0.3 is 0 Å². The van der Waals surface area contributed by atoms with Crippen LogP contribution in [0.1, 0.15) is 17.4 Å². The smallest absolute Gasteiger partial charge is 0.104 e. The van der Waals surface area contributed by atoms with Crippen LogP contribution in [0.25, 0.3) is 0 Å². The SMILES string of the molecule is COCCCOCCOC(CN)c1cc(Br)cs1. The highest BCUT2D eigenvalue weighted by atomic mass is 79.9. The average Bonchev–Trinajstić information content (AvgIpc) is 2.79. The van der Waals surface area contributed by atoms with Gasteiger partial charge in [-0.05, 0) is 28.4 Å². The number of thiophene rings is 1. The summed E-state index contributed by atoms with van der Waals surface area (Å²) in [6.07, 6.45) is 0.873. The van der Waals surface area contributed by atoms with Gasteiger partial charge in [-0.3, -0.25) is 0 Å². The lowest BCUT2D eigenvalue weighted by molar-refractivity contribution is 0.00518. The summed E-state index contributed by atoms with van der Waals surface area (Å²) < 4.78 is 17.1. The van der Waals surface area contributed by atoms with Crippen molar-refractivity contribution in [2.75, 3.05) is 40.1 Å². The average molecular weight is 338 g/mol. The van der Waals surface area contributed by atoms with E-state index in [1.807, 2.05) is 11.4 Å². The summed E-state index contributed by atoms with van der Waals surface area (Å²) >= 11 is 5.07. The van der Waals surface area contributed by atoms with Crippen molar-refractivity contribution in [1.82, 2.24) is 0 Å². The summed E-state index contributed by atoms with van der Waals surface area (Å²) in [5.74, 6) is 0. The Morgan fingerprint density at radius 1 is 1.33 bits per heavy atom. The van der Waals surface area contributed by atoms with Crippen molar-refractivity contribution in [3.8, 4) is 0 Å². The first kappa shape index (κ1) is 16.1. The quantitative estimate of drug-likeness (QED) is 0.666. The number of halogens is 1. The summed E-state index contributed by atoms with van der Waals surface area (Å²) in [5.41, 5.74) is 5.70. The van der Waals surface area contributed by atoms with Crippen LogP contribution < -0.4 is 5.73 Å². The van der Waals surface area contributed by atoms with Gasteiger partial charge in [0.2, 0.25) is 0 Å². The minimum absolute atomic E-state index is 0.0381. The van der Waals surface area contributed by atoms with Gasteiger partial charge in [-0.25, -0.2) is 0 Å². The maximum atomic E-state index is 5.71. The first-order valence-corrected chi connectivity index (χ1v) is 7.57. The molecule has 18 heavy (non-hydrogen) atoms. The minimum atomic E-state index is -0.0381. The zero-order chi connectivity index (χ0) is 13.2. The van der Waals surface area contributed by atoms with Crippen LogP contribution in [-0.4, -0.2) is 40.1 Å². The second-order valence-electron chi connectivity index (χ2n) is 3.72. The minimum Gasteiger partial charge on any atom is -0.385 e. The number of hydrogen-bond donors (Lipinski definition) is 1. The molecule has 1 heterocycles. The van der Waals surface area contributed by atoms with E-state index in [4.69, 9.17) is 19.9 Å². The number of hydrogen-bond acceptors (Lipinski definition) is 5. The molecule has 4 nitrogen and oxygen atoms in total. The van der Waals surface area contributed by atoms with Crippen molar-refractivity contribution >= 4 is 27.3 Å². The van der Waals surface area contributed by atoms with E-state index in [-0.39, 0.29) is 6.10 Å². The normalized spacial score (nSPS) is 12.8.